The zero-order valence-corrected chi connectivity index (χ0v) is 36.3. The van der Waals surface area contributed by atoms with Crippen LogP contribution in [0.2, 0.25) is 0 Å². The van der Waals surface area contributed by atoms with Crippen molar-refractivity contribution in [1.82, 2.24) is 0 Å². The van der Waals surface area contributed by atoms with Crippen LogP contribution in [-0.4, -0.2) is 6.71 Å². The molecule has 9 rings (SSSR count). The molecule has 2 nitrogen and oxygen atoms in total. The summed E-state index contributed by atoms with van der Waals surface area (Å²) in [5.74, 6) is 2.08. The van der Waals surface area contributed by atoms with Gasteiger partial charge in [-0.05, 0) is 145 Å². The van der Waals surface area contributed by atoms with Crippen molar-refractivity contribution in [2.75, 3.05) is 4.90 Å². The van der Waals surface area contributed by atoms with Crippen molar-refractivity contribution in [3.05, 3.63) is 94.0 Å². The predicted octanol–water partition coefficient (Wildman–Crippen LogP) is 12.6. The van der Waals surface area contributed by atoms with E-state index < -0.39 is 0 Å². The van der Waals surface area contributed by atoms with Crippen molar-refractivity contribution < 1.29 is 4.74 Å². The zero-order valence-electron chi connectivity index (χ0n) is 35.4. The van der Waals surface area contributed by atoms with Crippen LogP contribution in [0.15, 0.2) is 60.7 Å². The highest BCUT2D eigenvalue weighted by atomic mass is 32.1. The average Bonchev–Trinajstić information content (AvgIpc) is 3.45. The lowest BCUT2D eigenvalue weighted by molar-refractivity contribution is 0.332. The first-order chi connectivity index (χ1) is 25.0. The number of thiophene rings is 1. The fourth-order valence-corrected chi connectivity index (χ4v) is 11.4. The Morgan fingerprint density at radius 2 is 1.17 bits per heavy atom. The molecule has 0 saturated carbocycles. The van der Waals surface area contributed by atoms with Gasteiger partial charge in [0.25, 0.3) is 6.71 Å². The van der Waals surface area contributed by atoms with Crippen LogP contribution >= 0.6 is 11.3 Å². The molecule has 3 heterocycles. The van der Waals surface area contributed by atoms with Gasteiger partial charge in [0.05, 0.1) is 0 Å². The van der Waals surface area contributed by atoms with Gasteiger partial charge in [0.1, 0.15) is 11.5 Å². The molecule has 4 heteroatoms. The summed E-state index contributed by atoms with van der Waals surface area (Å²) in [5.41, 5.74) is 15.7. The van der Waals surface area contributed by atoms with Crippen LogP contribution < -0.4 is 25.3 Å². The molecule has 0 bridgehead atoms. The van der Waals surface area contributed by atoms with Crippen molar-refractivity contribution >= 4 is 60.9 Å². The predicted molar refractivity (Wildman–Crippen MR) is 236 cm³/mol. The van der Waals surface area contributed by atoms with Gasteiger partial charge in [0.2, 0.25) is 0 Å². The molecular weight excluding hydrogens is 673 g/mol. The molecule has 4 aromatic carbocycles. The van der Waals surface area contributed by atoms with Crippen molar-refractivity contribution in [2.45, 2.75) is 155 Å². The maximum Gasteiger partial charge on any atom is 0.268 e. The lowest BCUT2D eigenvalue weighted by Gasteiger charge is -2.46. The van der Waals surface area contributed by atoms with E-state index in [0.717, 1.165) is 11.5 Å². The third-order valence-corrected chi connectivity index (χ3v) is 15.4. The fourth-order valence-electron chi connectivity index (χ4n) is 10.2. The van der Waals surface area contributed by atoms with E-state index in [9.17, 15) is 0 Å². The second-order valence-corrected chi connectivity index (χ2v) is 23.1. The Hall–Kier alpha value is -3.50. The average molecular weight is 734 g/mol. The molecule has 4 aliphatic rings. The van der Waals surface area contributed by atoms with Crippen LogP contribution in [0.4, 0.5) is 17.1 Å². The molecule has 280 valence electrons. The first-order valence-corrected chi connectivity index (χ1v) is 21.4. The van der Waals surface area contributed by atoms with Crippen LogP contribution in [0.1, 0.15) is 156 Å². The van der Waals surface area contributed by atoms with Crippen LogP contribution in [-0.2, 0) is 32.5 Å². The first-order valence-electron chi connectivity index (χ1n) is 20.6. The van der Waals surface area contributed by atoms with Gasteiger partial charge >= 0.3 is 0 Å². The standard InChI is InChI=1S/C50H60BNOS/c1-45(2,3)29-15-18-41-32(23-29)43-44(54-41)51-37-27-35-36(50(13,14)22-21-49(35,11)12)28-38(37)52(39-24-30(46(4,5)6)25-40(53-43)42(39)51)31-16-17-33-34(26-31)48(9,10)20-19-47(33,7)8/h15-18,23-28H,19-22H2,1-14H3. The van der Waals surface area contributed by atoms with Crippen LogP contribution in [0.5, 0.6) is 11.5 Å². The van der Waals surface area contributed by atoms with Crippen LogP contribution in [0, 0.1) is 0 Å². The molecule has 0 saturated heterocycles. The Labute approximate surface area is 329 Å². The highest BCUT2D eigenvalue weighted by Gasteiger charge is 2.48. The second-order valence-electron chi connectivity index (χ2n) is 22.0. The third kappa shape index (κ3) is 5.24. The van der Waals surface area contributed by atoms with Gasteiger partial charge in [-0.15, -0.1) is 11.3 Å². The SMILES string of the molecule is CC(C)(C)c1cc2c3c(c1)N(c1ccc4c(c1)C(C)(C)CCC4(C)C)c1cc4c(cc1B3c1sc3ccc(C(C)(C)C)cc3c1O2)C(C)(C)CCC4(C)C. The van der Waals surface area contributed by atoms with E-state index in [0.29, 0.717) is 0 Å². The smallest absolute Gasteiger partial charge is 0.268 e. The summed E-state index contributed by atoms with van der Waals surface area (Å²) in [6.07, 6.45) is 4.79. The number of nitrogens with zero attached hydrogens (tertiary/aromatic N) is 1. The maximum atomic E-state index is 7.30. The largest absolute Gasteiger partial charge is 0.457 e. The highest BCUT2D eigenvalue weighted by Crippen LogP contribution is 2.53. The van der Waals surface area contributed by atoms with Gasteiger partial charge in [-0.2, -0.15) is 0 Å². The topological polar surface area (TPSA) is 12.5 Å². The Balaban J connectivity index is 1.39. The van der Waals surface area contributed by atoms with Crippen molar-refractivity contribution in [3.63, 3.8) is 0 Å². The number of anilines is 3. The maximum absolute atomic E-state index is 7.30. The molecule has 0 amide bonds. The molecule has 0 spiro atoms. The quantitative estimate of drug-likeness (QED) is 0.156. The van der Waals surface area contributed by atoms with Gasteiger partial charge < -0.3 is 9.64 Å². The summed E-state index contributed by atoms with van der Waals surface area (Å²) in [4.78, 5) is 2.65. The summed E-state index contributed by atoms with van der Waals surface area (Å²) in [7, 11) is 0. The zero-order chi connectivity index (χ0) is 38.7. The molecular formula is C50H60BNOS. The van der Waals surface area contributed by atoms with Crippen molar-refractivity contribution in [3.8, 4) is 11.5 Å². The fraction of sp³-hybridized carbons (Fsp3) is 0.480. The second kappa shape index (κ2) is 11.1. The van der Waals surface area contributed by atoms with E-state index in [-0.39, 0.29) is 39.2 Å². The van der Waals surface area contributed by atoms with E-state index in [2.05, 4.69) is 162 Å². The Morgan fingerprint density at radius 3 is 1.78 bits per heavy atom. The number of hydrogen-bond acceptors (Lipinski definition) is 3. The van der Waals surface area contributed by atoms with Crippen LogP contribution in [0.3, 0.4) is 0 Å². The molecule has 1 aromatic heterocycles. The number of rotatable bonds is 1. The third-order valence-electron chi connectivity index (χ3n) is 14.2. The molecule has 0 unspecified atom stereocenters. The molecule has 0 atom stereocenters. The van der Waals surface area contributed by atoms with E-state index in [1.165, 1.54) is 102 Å². The summed E-state index contributed by atoms with van der Waals surface area (Å²) >= 11 is 1.94. The minimum Gasteiger partial charge on any atom is -0.457 e. The van der Waals surface area contributed by atoms with Gasteiger partial charge in [0, 0.05) is 31.9 Å². The highest BCUT2D eigenvalue weighted by molar-refractivity contribution is 7.33. The van der Waals surface area contributed by atoms with Gasteiger partial charge in [-0.1, -0.05) is 115 Å². The Morgan fingerprint density at radius 1 is 0.593 bits per heavy atom. The summed E-state index contributed by atoms with van der Waals surface area (Å²) < 4.78 is 9.95. The lowest BCUT2D eigenvalue weighted by Crippen LogP contribution is -2.59. The van der Waals surface area contributed by atoms with Gasteiger partial charge in [-0.25, -0.2) is 0 Å². The minimum atomic E-state index is -0.0591. The first kappa shape index (κ1) is 36.2. The summed E-state index contributed by atoms with van der Waals surface area (Å²) in [6, 6.07) is 24.7. The molecule has 2 aliphatic heterocycles. The molecule has 0 N–H and O–H groups in total. The Bertz CT molecular complexity index is 2410. The molecule has 0 radical (unpaired) electrons. The summed E-state index contributed by atoms with van der Waals surface area (Å²) in [6.45, 7) is 33.7. The van der Waals surface area contributed by atoms with Crippen molar-refractivity contribution in [1.29, 1.82) is 0 Å². The normalized spacial score (nSPS) is 20.0. The Kier molecular flexibility index (Phi) is 7.42. The molecule has 5 aromatic rings. The van der Waals surface area contributed by atoms with E-state index in [4.69, 9.17) is 4.74 Å². The minimum absolute atomic E-state index is 0.0518. The summed E-state index contributed by atoms with van der Waals surface area (Å²) in [5, 5.41) is 1.25. The van der Waals surface area contributed by atoms with E-state index in [1.54, 1.807) is 0 Å². The monoisotopic (exact) mass is 733 g/mol. The number of ether oxygens (including phenoxy) is 1. The van der Waals surface area contributed by atoms with E-state index in [1.807, 2.05) is 11.3 Å². The lowest BCUT2D eigenvalue weighted by atomic mass is 9.36. The number of benzene rings is 4. The number of fused-ring (bicyclic) bond motifs is 8. The van der Waals surface area contributed by atoms with Gasteiger partial charge in [-0.3, -0.25) is 0 Å². The van der Waals surface area contributed by atoms with E-state index >= 15 is 0 Å². The number of hydrogen-bond donors (Lipinski definition) is 0. The van der Waals surface area contributed by atoms with Crippen LogP contribution in [0.25, 0.3) is 10.1 Å². The molecule has 0 fully saturated rings. The molecule has 2 aliphatic carbocycles. The molecule has 54 heavy (non-hydrogen) atoms. The van der Waals surface area contributed by atoms with Crippen molar-refractivity contribution in [2.24, 2.45) is 0 Å². The van der Waals surface area contributed by atoms with Gasteiger partial charge in [0.15, 0.2) is 0 Å².